The molecule has 0 radical (unpaired) electrons. The first-order chi connectivity index (χ1) is 12.6. The summed E-state index contributed by atoms with van der Waals surface area (Å²) < 4.78 is 5.02. The minimum absolute atomic E-state index is 0.0435. The van der Waals surface area contributed by atoms with Crippen LogP contribution in [0.4, 0.5) is 5.69 Å². The van der Waals surface area contributed by atoms with Gasteiger partial charge < -0.3 is 19.6 Å². The maximum Gasteiger partial charge on any atom is 0.273 e. The van der Waals surface area contributed by atoms with Crippen LogP contribution in [0.15, 0.2) is 42.5 Å². The number of nitrogens with zero attached hydrogens (tertiary/aromatic N) is 1. The first-order valence-corrected chi connectivity index (χ1v) is 8.80. The van der Waals surface area contributed by atoms with Gasteiger partial charge in [-0.3, -0.25) is 10.1 Å². The Balaban J connectivity index is 1.62. The highest BCUT2D eigenvalue weighted by Crippen LogP contribution is 2.31. The van der Waals surface area contributed by atoms with Crippen molar-refractivity contribution >= 4 is 5.69 Å². The van der Waals surface area contributed by atoms with E-state index >= 15 is 0 Å². The molecule has 2 aromatic carbocycles. The molecule has 7 heteroatoms. The molecule has 7 nitrogen and oxygen atoms in total. The molecule has 1 aliphatic heterocycles. The van der Waals surface area contributed by atoms with Gasteiger partial charge in [-0.25, -0.2) is 0 Å². The van der Waals surface area contributed by atoms with Gasteiger partial charge in [0.15, 0.2) is 0 Å². The van der Waals surface area contributed by atoms with Gasteiger partial charge in [0, 0.05) is 17.2 Å². The predicted molar refractivity (Wildman–Crippen MR) is 94.3 cm³/mol. The maximum absolute atomic E-state index is 12.4. The van der Waals surface area contributed by atoms with Gasteiger partial charge in [0.1, 0.15) is 45.0 Å². The molecular weight excluding hydrogens is 334 g/mol. The van der Waals surface area contributed by atoms with Crippen molar-refractivity contribution in [3.05, 3.63) is 63.7 Å². The molecule has 0 spiro atoms. The van der Waals surface area contributed by atoms with Crippen LogP contribution in [0.3, 0.4) is 0 Å². The number of piperazine rings is 1. The number of rotatable bonds is 6. The molecule has 1 fully saturated rings. The maximum atomic E-state index is 12.4. The number of non-ortho nitro benzene ring substituents is 1. The summed E-state index contributed by atoms with van der Waals surface area (Å²) in [4.78, 5) is 13.4. The fourth-order valence-electron chi connectivity index (χ4n) is 3.50. The van der Waals surface area contributed by atoms with Crippen molar-refractivity contribution in [1.29, 1.82) is 0 Å². The molecule has 0 unspecified atom stereocenters. The molecule has 0 aliphatic carbocycles. The number of quaternary nitrogens is 2. The molecular formula is C19H24N3O4+. The number of methoxy groups -OCH3 is 1. The number of hydrogen-bond acceptors (Lipinski definition) is 4. The van der Waals surface area contributed by atoms with Crippen LogP contribution in [-0.4, -0.2) is 38.2 Å². The van der Waals surface area contributed by atoms with E-state index < -0.39 is 4.92 Å². The average molecular weight is 358 g/mol. The largest absolute Gasteiger partial charge is 0.870 e. The summed E-state index contributed by atoms with van der Waals surface area (Å²) in [6.45, 7) is 5.41. The van der Waals surface area contributed by atoms with Crippen LogP contribution in [0.5, 0.6) is 11.5 Å². The molecule has 0 amide bonds. The van der Waals surface area contributed by atoms with Crippen molar-refractivity contribution in [2.24, 2.45) is 0 Å². The number of benzene rings is 2. The SMILES string of the molecule is COc1cc([N+](=O)[O-])cc(C[NH+]2CC[NH+](Cc3ccccc3)CC2)c1[O-]. The molecule has 138 valence electrons. The summed E-state index contributed by atoms with van der Waals surface area (Å²) in [5.74, 6) is -0.202. The van der Waals surface area contributed by atoms with E-state index in [4.69, 9.17) is 4.74 Å². The second-order valence-corrected chi connectivity index (χ2v) is 6.73. The zero-order chi connectivity index (χ0) is 18.5. The zero-order valence-corrected chi connectivity index (χ0v) is 14.9. The smallest absolute Gasteiger partial charge is 0.273 e. The van der Waals surface area contributed by atoms with Gasteiger partial charge in [-0.1, -0.05) is 36.1 Å². The molecule has 3 rings (SSSR count). The lowest BCUT2D eigenvalue weighted by Crippen LogP contribution is -3.27. The standard InChI is InChI=1S/C19H23N3O4/c1-26-18-12-17(22(24)25)11-16(19(18)23)14-21-9-7-20(8-10-21)13-15-5-3-2-4-6-15/h2-6,11-12,23H,7-10,13-14H2,1H3/p+1. The van der Waals surface area contributed by atoms with Crippen LogP contribution < -0.4 is 19.6 Å². The molecule has 2 aromatic rings. The number of hydrogen-bond donors (Lipinski definition) is 2. The van der Waals surface area contributed by atoms with E-state index in [0.29, 0.717) is 12.1 Å². The van der Waals surface area contributed by atoms with Crippen molar-refractivity contribution in [1.82, 2.24) is 0 Å². The highest BCUT2D eigenvalue weighted by molar-refractivity contribution is 5.52. The van der Waals surface area contributed by atoms with Crippen LogP contribution in [0.1, 0.15) is 11.1 Å². The first kappa shape index (κ1) is 18.2. The van der Waals surface area contributed by atoms with Gasteiger partial charge in [0.05, 0.1) is 18.1 Å². The summed E-state index contributed by atoms with van der Waals surface area (Å²) in [6, 6.07) is 13.0. The molecule has 1 aliphatic rings. The van der Waals surface area contributed by atoms with Crippen LogP contribution in [-0.2, 0) is 13.1 Å². The summed E-state index contributed by atoms with van der Waals surface area (Å²) in [6.07, 6.45) is 0. The molecule has 0 saturated carbocycles. The zero-order valence-electron chi connectivity index (χ0n) is 14.9. The lowest BCUT2D eigenvalue weighted by atomic mass is 10.1. The molecule has 0 bridgehead atoms. The van der Waals surface area contributed by atoms with Crippen LogP contribution in [0.25, 0.3) is 0 Å². The van der Waals surface area contributed by atoms with E-state index in [9.17, 15) is 15.2 Å². The molecule has 0 atom stereocenters. The number of ether oxygens (including phenoxy) is 1. The topological polar surface area (TPSA) is 84.3 Å². The minimum Gasteiger partial charge on any atom is -0.870 e. The molecule has 1 heterocycles. The average Bonchev–Trinajstić information content (AvgIpc) is 2.65. The van der Waals surface area contributed by atoms with Gasteiger partial charge in [0.25, 0.3) is 5.69 Å². The minimum atomic E-state index is -0.483. The molecule has 1 saturated heterocycles. The highest BCUT2D eigenvalue weighted by Gasteiger charge is 2.24. The normalized spacial score (nSPS) is 19.9. The second kappa shape index (κ2) is 8.16. The third kappa shape index (κ3) is 4.30. The second-order valence-electron chi connectivity index (χ2n) is 6.73. The number of nitrogens with one attached hydrogen (secondary N) is 2. The fourth-order valence-corrected chi connectivity index (χ4v) is 3.50. The first-order valence-electron chi connectivity index (χ1n) is 8.80. The van der Waals surface area contributed by atoms with Gasteiger partial charge in [-0.15, -0.1) is 0 Å². The Hall–Kier alpha value is -2.64. The monoisotopic (exact) mass is 358 g/mol. The third-order valence-corrected chi connectivity index (χ3v) is 4.95. The van der Waals surface area contributed by atoms with Crippen molar-refractivity contribution in [2.45, 2.75) is 13.1 Å². The van der Waals surface area contributed by atoms with Crippen LogP contribution in [0.2, 0.25) is 0 Å². The van der Waals surface area contributed by atoms with E-state index in [1.165, 1.54) is 34.6 Å². The van der Waals surface area contributed by atoms with Crippen LogP contribution >= 0.6 is 0 Å². The Labute approximate surface area is 152 Å². The van der Waals surface area contributed by atoms with E-state index in [2.05, 4.69) is 24.3 Å². The van der Waals surface area contributed by atoms with Crippen molar-refractivity contribution in [2.75, 3.05) is 33.3 Å². The summed E-state index contributed by atoms with van der Waals surface area (Å²) in [7, 11) is 1.36. The predicted octanol–water partition coefficient (Wildman–Crippen LogP) is -0.839. The van der Waals surface area contributed by atoms with E-state index in [1.54, 1.807) is 0 Å². The Morgan fingerprint density at radius 1 is 1.04 bits per heavy atom. The lowest BCUT2D eigenvalue weighted by Gasteiger charge is -2.30. The Morgan fingerprint density at radius 3 is 2.23 bits per heavy atom. The third-order valence-electron chi connectivity index (χ3n) is 4.95. The fraction of sp³-hybridized carbons (Fsp3) is 0.368. The van der Waals surface area contributed by atoms with Crippen molar-refractivity contribution in [3.63, 3.8) is 0 Å². The molecule has 2 N–H and O–H groups in total. The summed E-state index contributed by atoms with van der Waals surface area (Å²) in [5, 5.41) is 23.5. The number of nitro benzene ring substituents is 1. The highest BCUT2D eigenvalue weighted by atomic mass is 16.6. The summed E-state index contributed by atoms with van der Waals surface area (Å²) >= 11 is 0. The van der Waals surface area contributed by atoms with Gasteiger partial charge in [-0.2, -0.15) is 0 Å². The van der Waals surface area contributed by atoms with E-state index in [-0.39, 0.29) is 17.2 Å². The summed E-state index contributed by atoms with van der Waals surface area (Å²) in [5.41, 5.74) is 1.69. The number of nitro groups is 1. The Kier molecular flexibility index (Phi) is 5.70. The van der Waals surface area contributed by atoms with Crippen molar-refractivity contribution in [3.8, 4) is 11.5 Å². The van der Waals surface area contributed by atoms with E-state index in [1.807, 2.05) is 6.07 Å². The van der Waals surface area contributed by atoms with Gasteiger partial charge in [0.2, 0.25) is 0 Å². The molecule has 0 aromatic heterocycles. The Bertz CT molecular complexity index is 759. The van der Waals surface area contributed by atoms with E-state index in [0.717, 1.165) is 32.7 Å². The Morgan fingerprint density at radius 2 is 1.65 bits per heavy atom. The quantitative estimate of drug-likeness (QED) is 0.521. The van der Waals surface area contributed by atoms with Gasteiger partial charge >= 0.3 is 0 Å². The van der Waals surface area contributed by atoms with Crippen LogP contribution in [0, 0.1) is 10.1 Å². The van der Waals surface area contributed by atoms with Crippen molar-refractivity contribution < 1.29 is 24.6 Å². The molecule has 26 heavy (non-hydrogen) atoms. The van der Waals surface area contributed by atoms with Gasteiger partial charge in [-0.05, 0) is 0 Å². The lowest BCUT2D eigenvalue weighted by molar-refractivity contribution is -1.02.